The molecule has 2 amide bonds. The smallest absolute Gasteiger partial charge is 0.324 e. The topological polar surface area (TPSA) is 194 Å². The van der Waals surface area contributed by atoms with Gasteiger partial charge in [-0.05, 0) is 38.1 Å². The van der Waals surface area contributed by atoms with Gasteiger partial charge in [-0.25, -0.2) is 0 Å². The van der Waals surface area contributed by atoms with Gasteiger partial charge >= 0.3 is 12.4 Å². The van der Waals surface area contributed by atoms with Gasteiger partial charge in [0, 0.05) is 42.6 Å². The molecular formula is C27H30F6N8O6Si. The maximum atomic E-state index is 13.0. The number of carbonyl (C=O) groups excluding carboxylic acids is 2. The number of nitro groups is 2. The molecule has 2 aromatic rings. The van der Waals surface area contributed by atoms with Gasteiger partial charge in [0.25, 0.3) is 23.2 Å². The van der Waals surface area contributed by atoms with E-state index in [2.05, 4.69) is 51.0 Å². The molecule has 3 unspecified atom stereocenters. The number of alkyl halides is 6. The number of anilines is 2. The van der Waals surface area contributed by atoms with Crippen LogP contribution in [-0.4, -0.2) is 52.7 Å². The second kappa shape index (κ2) is 13.3. The van der Waals surface area contributed by atoms with Crippen molar-refractivity contribution in [2.45, 2.75) is 75.4 Å². The quantitative estimate of drug-likeness (QED) is 0.123. The first kappa shape index (κ1) is 37.5. The van der Waals surface area contributed by atoms with Crippen LogP contribution in [0, 0.1) is 20.2 Å². The van der Waals surface area contributed by atoms with Crippen molar-refractivity contribution < 1.29 is 45.8 Å². The molecule has 0 aliphatic carbocycles. The van der Waals surface area contributed by atoms with Crippen LogP contribution in [0.3, 0.4) is 0 Å². The third-order valence-corrected chi connectivity index (χ3v) is 9.73. The Morgan fingerprint density at radius 3 is 1.69 bits per heavy atom. The van der Waals surface area contributed by atoms with Gasteiger partial charge in [0.05, 0.1) is 23.6 Å². The molecule has 0 radical (unpaired) electrons. The number of amides is 2. The van der Waals surface area contributed by atoms with Crippen molar-refractivity contribution in [2.24, 2.45) is 15.3 Å². The Labute approximate surface area is 269 Å². The minimum Gasteiger partial charge on any atom is -0.324 e. The number of hydrogen-bond donors (Lipinski definition) is 3. The number of carbonyl (C=O) groups is 2. The fourth-order valence-corrected chi connectivity index (χ4v) is 5.83. The van der Waals surface area contributed by atoms with Crippen LogP contribution in [0.25, 0.3) is 0 Å². The summed E-state index contributed by atoms with van der Waals surface area (Å²) in [4.78, 5) is 43.8. The van der Waals surface area contributed by atoms with Crippen molar-refractivity contribution in [1.29, 1.82) is 0 Å². The zero-order valence-electron chi connectivity index (χ0n) is 26.0. The van der Waals surface area contributed by atoms with E-state index in [-0.39, 0.29) is 23.5 Å². The van der Waals surface area contributed by atoms with Gasteiger partial charge in [0.2, 0.25) is 0 Å². The Morgan fingerprint density at radius 1 is 0.875 bits per heavy atom. The number of hydrazone groups is 1. The van der Waals surface area contributed by atoms with E-state index in [1.54, 1.807) is 6.92 Å². The lowest BCUT2D eigenvalue weighted by Crippen LogP contribution is -2.47. The van der Waals surface area contributed by atoms with E-state index >= 15 is 0 Å². The Hall–Kier alpha value is -4.95. The van der Waals surface area contributed by atoms with Crippen LogP contribution >= 0.6 is 0 Å². The first-order chi connectivity index (χ1) is 21.9. The van der Waals surface area contributed by atoms with Crippen molar-refractivity contribution in [1.82, 2.24) is 5.43 Å². The van der Waals surface area contributed by atoms with Crippen molar-refractivity contribution in [3.05, 3.63) is 67.8 Å². The van der Waals surface area contributed by atoms with Gasteiger partial charge in [0.15, 0.2) is 5.54 Å². The summed E-state index contributed by atoms with van der Waals surface area (Å²) in [7, 11) is -1.67. The average molecular weight is 705 g/mol. The summed E-state index contributed by atoms with van der Waals surface area (Å²) in [5.74, 6) is -1.18. The molecule has 3 N–H and O–H groups in total. The standard InChI is InChI=1S/C15H19F3N4O3Si.C12H11F3N4O3/c1-14(8-12(20-21-14)26(2,3)4)13(23)19-9-5-6-11(22(24)25)10(7-9)15(16,17)18;1-11(4-5-16-18-11)10(20)17-7-2-3-9(19(21)22)8(6-7)12(13,14)15/h5-7,12H,8H2,1-4H3,(H,19,23);2-3,5-6,18H,4H2,1H3,(H,17,20). The van der Waals surface area contributed by atoms with Crippen LogP contribution in [-0.2, 0) is 21.9 Å². The number of rotatable bonds is 7. The van der Waals surface area contributed by atoms with Crippen LogP contribution in [0.1, 0.15) is 37.8 Å². The summed E-state index contributed by atoms with van der Waals surface area (Å²) in [6, 6.07) is 4.64. The summed E-state index contributed by atoms with van der Waals surface area (Å²) in [5.41, 5.74) is -5.08. The molecule has 0 saturated carbocycles. The molecule has 2 aliphatic rings. The van der Waals surface area contributed by atoms with Crippen molar-refractivity contribution in [3.8, 4) is 0 Å². The zero-order valence-corrected chi connectivity index (χ0v) is 27.0. The fourth-order valence-electron chi connectivity index (χ4n) is 4.41. The number of hydrogen-bond acceptors (Lipinski definition) is 10. The first-order valence-electron chi connectivity index (χ1n) is 13.9. The van der Waals surface area contributed by atoms with E-state index in [0.29, 0.717) is 24.6 Å². The van der Waals surface area contributed by atoms with Gasteiger partial charge in [-0.2, -0.15) is 41.7 Å². The van der Waals surface area contributed by atoms with E-state index in [1.807, 2.05) is 0 Å². The van der Waals surface area contributed by atoms with Crippen LogP contribution in [0.15, 0.2) is 51.7 Å². The number of nitro benzene ring substituents is 2. The monoisotopic (exact) mass is 704 g/mol. The average Bonchev–Trinajstić information content (AvgIpc) is 3.60. The van der Waals surface area contributed by atoms with Gasteiger partial charge < -0.3 is 10.6 Å². The SMILES string of the molecule is CC1(C(=O)Nc2ccc([N+](=O)[O-])c(C(F)(F)F)c2)CC([Si](C)(C)C)N=N1.CC1(C(=O)Nc2ccc([N+](=O)[O-])c(C(F)(F)F)c2)CC=NN1. The lowest BCUT2D eigenvalue weighted by Gasteiger charge is -2.24. The number of halogens is 6. The Bertz CT molecular complexity index is 1670. The second-order valence-corrected chi connectivity index (χ2v) is 17.8. The predicted octanol–water partition coefficient (Wildman–Crippen LogP) is 6.70. The molecule has 0 saturated heterocycles. The van der Waals surface area contributed by atoms with E-state index in [9.17, 15) is 56.2 Å². The normalized spacial score (nSPS) is 21.9. The van der Waals surface area contributed by atoms with Crippen LogP contribution in [0.2, 0.25) is 19.6 Å². The highest BCUT2D eigenvalue weighted by Gasteiger charge is 2.45. The van der Waals surface area contributed by atoms with Crippen LogP contribution < -0.4 is 16.1 Å². The highest BCUT2D eigenvalue weighted by molar-refractivity contribution is 6.77. The Balaban J connectivity index is 0.000000264. The third-order valence-electron chi connectivity index (χ3n) is 7.41. The fraction of sp³-hybridized carbons (Fsp3) is 0.444. The molecule has 14 nitrogen and oxygen atoms in total. The molecule has 2 heterocycles. The highest BCUT2D eigenvalue weighted by Crippen LogP contribution is 2.39. The lowest BCUT2D eigenvalue weighted by molar-refractivity contribution is -0.388. The van der Waals surface area contributed by atoms with Crippen molar-refractivity contribution in [2.75, 3.05) is 10.6 Å². The summed E-state index contributed by atoms with van der Waals surface area (Å²) < 4.78 is 77.7. The van der Waals surface area contributed by atoms with Crippen LogP contribution in [0.4, 0.5) is 49.1 Å². The summed E-state index contributed by atoms with van der Waals surface area (Å²) in [5, 5.41) is 38.0. The maximum Gasteiger partial charge on any atom is 0.423 e. The lowest BCUT2D eigenvalue weighted by atomic mass is 9.98. The van der Waals surface area contributed by atoms with Gasteiger partial charge in [0.1, 0.15) is 16.7 Å². The molecule has 4 rings (SSSR count). The number of nitrogens with one attached hydrogen (secondary N) is 3. The summed E-state index contributed by atoms with van der Waals surface area (Å²) >= 11 is 0. The highest BCUT2D eigenvalue weighted by atomic mass is 28.3. The second-order valence-electron chi connectivity index (χ2n) is 12.4. The van der Waals surface area contributed by atoms with E-state index in [4.69, 9.17) is 0 Å². The first-order valence-corrected chi connectivity index (χ1v) is 17.5. The molecule has 2 aromatic carbocycles. The zero-order chi connectivity index (χ0) is 36.5. The predicted molar refractivity (Wildman–Crippen MR) is 163 cm³/mol. The maximum absolute atomic E-state index is 13.0. The molecule has 0 fully saturated rings. The molecule has 0 spiro atoms. The van der Waals surface area contributed by atoms with E-state index in [0.717, 1.165) is 18.2 Å². The molecule has 0 aromatic heterocycles. The molecule has 21 heteroatoms. The van der Waals surface area contributed by atoms with E-state index < -0.39 is 75.7 Å². The Kier molecular flexibility index (Phi) is 10.4. The van der Waals surface area contributed by atoms with Crippen molar-refractivity contribution in [3.63, 3.8) is 0 Å². The number of nitrogens with zero attached hydrogens (tertiary/aromatic N) is 5. The Morgan fingerprint density at radius 2 is 1.33 bits per heavy atom. The molecular weight excluding hydrogens is 674 g/mol. The van der Waals surface area contributed by atoms with Crippen LogP contribution in [0.5, 0.6) is 0 Å². The summed E-state index contributed by atoms with van der Waals surface area (Å²) in [6.07, 6.45) is -7.69. The van der Waals surface area contributed by atoms with Crippen molar-refractivity contribution >= 4 is 48.9 Å². The molecule has 0 bridgehead atoms. The minimum atomic E-state index is -4.91. The molecule has 2 aliphatic heterocycles. The number of benzene rings is 2. The van der Waals surface area contributed by atoms with E-state index in [1.165, 1.54) is 13.1 Å². The largest absolute Gasteiger partial charge is 0.423 e. The van der Waals surface area contributed by atoms with Gasteiger partial charge in [-0.1, -0.05) is 19.6 Å². The molecule has 48 heavy (non-hydrogen) atoms. The summed E-state index contributed by atoms with van der Waals surface area (Å²) in [6.45, 7) is 9.37. The number of azo groups is 1. The third kappa shape index (κ3) is 8.69. The minimum absolute atomic E-state index is 0.0548. The van der Waals surface area contributed by atoms with Gasteiger partial charge in [-0.15, -0.1) is 0 Å². The van der Waals surface area contributed by atoms with Gasteiger partial charge in [-0.3, -0.25) is 35.2 Å². The molecule has 3 atom stereocenters. The molecule has 260 valence electrons.